The Balaban J connectivity index is 1.97. The van der Waals surface area contributed by atoms with Gasteiger partial charge in [-0.05, 0) is 17.6 Å². The van der Waals surface area contributed by atoms with Crippen LogP contribution >= 0.6 is 0 Å². The first-order valence-corrected chi connectivity index (χ1v) is 12.5. The first kappa shape index (κ1) is 28.4. The molecule has 0 bridgehead atoms. The van der Waals surface area contributed by atoms with Gasteiger partial charge in [-0.3, -0.25) is 4.79 Å². The summed E-state index contributed by atoms with van der Waals surface area (Å²) in [5, 5.41) is 56.7. The van der Waals surface area contributed by atoms with Crippen molar-refractivity contribution in [3.8, 4) is 0 Å². The van der Waals surface area contributed by atoms with Gasteiger partial charge in [0.05, 0.1) is 18.7 Å². The number of benzene rings is 1. The third-order valence-corrected chi connectivity index (χ3v) is 6.45. The van der Waals surface area contributed by atoms with Crippen molar-refractivity contribution in [1.82, 2.24) is 10.6 Å². The minimum Gasteiger partial charge on any atom is -0.392 e. The third kappa shape index (κ3) is 8.76. The Morgan fingerprint density at radius 1 is 0.971 bits per heavy atom. The molecule has 0 aliphatic heterocycles. The molecule has 1 aromatic carbocycles. The second kappa shape index (κ2) is 15.2. The van der Waals surface area contributed by atoms with E-state index in [9.17, 15) is 30.3 Å². The maximum Gasteiger partial charge on any atom is 0.220 e. The molecule has 0 heterocycles. The number of hydrogen-bond donors (Lipinski definition) is 7. The number of unbranched alkanes of at least 4 members (excludes halogenated alkanes) is 6. The predicted octanol–water partition coefficient (Wildman–Crippen LogP) is 1.32. The highest BCUT2D eigenvalue weighted by atomic mass is 16.4. The van der Waals surface area contributed by atoms with Crippen molar-refractivity contribution in [1.29, 1.82) is 0 Å². The fourth-order valence-electron chi connectivity index (χ4n) is 4.28. The predicted molar refractivity (Wildman–Crippen MR) is 131 cm³/mol. The largest absolute Gasteiger partial charge is 0.392 e. The lowest BCUT2D eigenvalue weighted by molar-refractivity contribution is -0.122. The van der Waals surface area contributed by atoms with E-state index in [-0.39, 0.29) is 18.0 Å². The van der Waals surface area contributed by atoms with E-state index >= 15 is 0 Å². The highest BCUT2D eigenvalue weighted by molar-refractivity contribution is 5.76. The van der Waals surface area contributed by atoms with Crippen LogP contribution in [0.4, 0.5) is 0 Å². The van der Waals surface area contributed by atoms with Gasteiger partial charge < -0.3 is 36.2 Å². The summed E-state index contributed by atoms with van der Waals surface area (Å²) in [6.45, 7) is 1.84. The zero-order valence-corrected chi connectivity index (χ0v) is 20.1. The Bertz CT molecular complexity index is 744. The van der Waals surface area contributed by atoms with Crippen molar-refractivity contribution in [3.63, 3.8) is 0 Å². The standard InChI is InChI=1S/C26H42N2O6/c1-2-3-4-5-6-7-11-14-22(30)28-21(23(31)18-12-9-8-10-13-18)16-27-20-15-19(17-29)24(32)26(34)25(20)33/h8-10,12-13,15,20-21,23-27,29,31-34H,2-7,11,14,16-17H2,1H3,(H,28,30)/t20-,21+,23-,24-,25-,26+/m1/s1. The van der Waals surface area contributed by atoms with E-state index in [4.69, 9.17) is 0 Å². The molecule has 2 rings (SSSR count). The number of hydrogen-bond acceptors (Lipinski definition) is 7. The first-order chi connectivity index (χ1) is 16.4. The van der Waals surface area contributed by atoms with Gasteiger partial charge in [0.1, 0.15) is 24.4 Å². The van der Waals surface area contributed by atoms with Crippen LogP contribution in [0.2, 0.25) is 0 Å². The molecular weight excluding hydrogens is 436 g/mol. The van der Waals surface area contributed by atoms with E-state index < -0.39 is 43.1 Å². The summed E-state index contributed by atoms with van der Waals surface area (Å²) in [5.74, 6) is -0.151. The lowest BCUT2D eigenvalue weighted by atomic mass is 9.88. The maximum absolute atomic E-state index is 12.6. The minimum absolute atomic E-state index is 0.110. The SMILES string of the molecule is CCCCCCCCCC(=O)N[C@@H](CN[C@@H]1C=C(CO)[C@@H](O)[C@H](O)[C@@H]1O)[C@H](O)c1ccccc1. The van der Waals surface area contributed by atoms with Crippen LogP contribution in [0.1, 0.15) is 70.0 Å². The maximum atomic E-state index is 12.6. The molecule has 0 fully saturated rings. The molecule has 1 amide bonds. The van der Waals surface area contributed by atoms with Gasteiger partial charge in [0.2, 0.25) is 5.91 Å². The Morgan fingerprint density at radius 3 is 2.26 bits per heavy atom. The molecule has 0 aromatic heterocycles. The summed E-state index contributed by atoms with van der Waals surface area (Å²) in [6, 6.07) is 7.57. The van der Waals surface area contributed by atoms with Crippen LogP contribution in [0, 0.1) is 0 Å². The molecule has 1 aliphatic rings. The van der Waals surface area contributed by atoms with Crippen molar-refractivity contribution in [3.05, 3.63) is 47.5 Å². The molecule has 1 aliphatic carbocycles. The number of aliphatic hydroxyl groups is 5. The van der Waals surface area contributed by atoms with E-state index in [1.54, 1.807) is 12.1 Å². The normalized spacial score (nSPS) is 24.4. The summed E-state index contributed by atoms with van der Waals surface area (Å²) < 4.78 is 0. The number of carbonyl (C=O) groups is 1. The molecule has 8 heteroatoms. The van der Waals surface area contributed by atoms with Gasteiger partial charge in [-0.2, -0.15) is 0 Å². The zero-order chi connectivity index (χ0) is 24.9. The molecule has 6 atom stereocenters. The van der Waals surface area contributed by atoms with Crippen molar-refractivity contribution in [2.75, 3.05) is 13.2 Å². The van der Waals surface area contributed by atoms with Crippen LogP contribution in [-0.2, 0) is 4.79 Å². The van der Waals surface area contributed by atoms with Gasteiger partial charge in [-0.1, -0.05) is 81.9 Å². The third-order valence-electron chi connectivity index (χ3n) is 6.45. The van der Waals surface area contributed by atoms with Gasteiger partial charge in [-0.15, -0.1) is 0 Å². The minimum atomic E-state index is -1.45. The Labute approximate surface area is 202 Å². The van der Waals surface area contributed by atoms with Crippen LogP contribution in [0.25, 0.3) is 0 Å². The lowest BCUT2D eigenvalue weighted by Gasteiger charge is -2.36. The van der Waals surface area contributed by atoms with E-state index in [2.05, 4.69) is 17.6 Å². The second-order valence-electron chi connectivity index (χ2n) is 9.16. The summed E-state index contributed by atoms with van der Waals surface area (Å²) in [6.07, 6.45) is 4.52. The molecule has 34 heavy (non-hydrogen) atoms. The van der Waals surface area contributed by atoms with E-state index in [1.165, 1.54) is 31.8 Å². The number of aliphatic hydroxyl groups excluding tert-OH is 5. The van der Waals surface area contributed by atoms with Gasteiger partial charge in [-0.25, -0.2) is 0 Å². The summed E-state index contributed by atoms with van der Waals surface area (Å²) in [5.41, 5.74) is 0.857. The average Bonchev–Trinajstić information content (AvgIpc) is 2.85. The van der Waals surface area contributed by atoms with Gasteiger partial charge in [0.25, 0.3) is 0 Å². The molecule has 0 unspecified atom stereocenters. The van der Waals surface area contributed by atoms with Crippen LogP contribution in [0.5, 0.6) is 0 Å². The average molecular weight is 479 g/mol. The summed E-state index contributed by atoms with van der Waals surface area (Å²) >= 11 is 0. The molecule has 0 saturated carbocycles. The lowest BCUT2D eigenvalue weighted by Crippen LogP contribution is -2.56. The van der Waals surface area contributed by atoms with Gasteiger partial charge in [0, 0.05) is 13.0 Å². The van der Waals surface area contributed by atoms with Gasteiger partial charge >= 0.3 is 0 Å². The molecule has 1 aromatic rings. The zero-order valence-electron chi connectivity index (χ0n) is 20.1. The monoisotopic (exact) mass is 478 g/mol. The molecule has 0 radical (unpaired) electrons. The van der Waals surface area contributed by atoms with Gasteiger partial charge in [0.15, 0.2) is 0 Å². The Morgan fingerprint density at radius 2 is 1.62 bits per heavy atom. The quantitative estimate of drug-likeness (QED) is 0.149. The molecule has 8 nitrogen and oxygen atoms in total. The number of nitrogens with one attached hydrogen (secondary N) is 2. The second-order valence-corrected chi connectivity index (χ2v) is 9.16. The fourth-order valence-corrected chi connectivity index (χ4v) is 4.28. The smallest absolute Gasteiger partial charge is 0.220 e. The van der Waals surface area contributed by atoms with E-state index in [0.717, 1.165) is 19.3 Å². The van der Waals surface area contributed by atoms with E-state index in [0.29, 0.717) is 12.0 Å². The molecule has 7 N–H and O–H groups in total. The molecule has 0 saturated heterocycles. The Kier molecular flexibility index (Phi) is 12.7. The summed E-state index contributed by atoms with van der Waals surface area (Å²) in [4.78, 5) is 12.6. The van der Waals surface area contributed by atoms with Crippen molar-refractivity contribution in [2.24, 2.45) is 0 Å². The fraction of sp³-hybridized carbons (Fsp3) is 0.654. The van der Waals surface area contributed by atoms with E-state index in [1.807, 2.05) is 18.2 Å². The first-order valence-electron chi connectivity index (χ1n) is 12.5. The van der Waals surface area contributed by atoms with Crippen LogP contribution in [0.3, 0.4) is 0 Å². The topological polar surface area (TPSA) is 142 Å². The van der Waals surface area contributed by atoms with Crippen LogP contribution < -0.4 is 10.6 Å². The van der Waals surface area contributed by atoms with Crippen molar-refractivity contribution >= 4 is 5.91 Å². The number of rotatable bonds is 15. The van der Waals surface area contributed by atoms with Crippen LogP contribution in [-0.4, -0.2) is 75.0 Å². The summed E-state index contributed by atoms with van der Waals surface area (Å²) in [7, 11) is 0. The number of carbonyl (C=O) groups excluding carboxylic acids is 1. The van der Waals surface area contributed by atoms with Crippen LogP contribution in [0.15, 0.2) is 42.0 Å². The van der Waals surface area contributed by atoms with Crippen molar-refractivity contribution < 1.29 is 30.3 Å². The van der Waals surface area contributed by atoms with Crippen molar-refractivity contribution in [2.45, 2.75) is 94.8 Å². The number of amides is 1. The Hall–Kier alpha value is -1.81. The molecule has 0 spiro atoms. The highest BCUT2D eigenvalue weighted by Crippen LogP contribution is 2.21. The molecule has 192 valence electrons. The highest BCUT2D eigenvalue weighted by Gasteiger charge is 2.37. The molecular formula is C26H42N2O6.